The van der Waals surface area contributed by atoms with Crippen LogP contribution in [0.15, 0.2) is 64.6 Å². The van der Waals surface area contributed by atoms with Crippen molar-refractivity contribution in [3.63, 3.8) is 0 Å². The molecule has 5 nitrogen and oxygen atoms in total. The third-order valence-corrected chi connectivity index (χ3v) is 3.93. The fourth-order valence-corrected chi connectivity index (χ4v) is 2.54. The van der Waals surface area contributed by atoms with E-state index in [0.29, 0.717) is 0 Å². The largest absolute Gasteiger partial charge is 0.491 e. The van der Waals surface area contributed by atoms with E-state index in [1.54, 1.807) is 30.3 Å². The first kappa shape index (κ1) is 16.0. The maximum Gasteiger partial charge on any atom is 0.276 e. The number of ether oxygens (including phenoxy) is 1. The molecule has 1 N–H and O–H groups in total. The van der Waals surface area contributed by atoms with Crippen LogP contribution in [-0.4, -0.2) is 20.7 Å². The second-order valence-electron chi connectivity index (χ2n) is 4.90. The molecule has 6 heteroatoms. The van der Waals surface area contributed by atoms with Gasteiger partial charge in [-0.05, 0) is 55.8 Å². The van der Waals surface area contributed by atoms with E-state index in [4.69, 9.17) is 4.74 Å². The Morgan fingerprint density at radius 3 is 2.27 bits per heavy atom. The van der Waals surface area contributed by atoms with Gasteiger partial charge in [-0.2, -0.15) is 13.5 Å². The first-order valence-corrected chi connectivity index (χ1v) is 8.32. The molecule has 0 fully saturated rings. The molecule has 0 aliphatic rings. The summed E-state index contributed by atoms with van der Waals surface area (Å²) in [6.45, 7) is 3.90. The molecule has 0 atom stereocenters. The number of nitrogens with one attached hydrogen (secondary N) is 1. The standard InChI is InChI=1S/C16H18N2O3S/c1-13(2)21-15-10-8-14(9-11-15)12-17-18-22(19,20)16-6-4-3-5-7-16/h3-13,18H,1-2H3/b17-12-. The van der Waals surface area contributed by atoms with Crippen LogP contribution in [-0.2, 0) is 10.0 Å². The molecule has 0 aliphatic carbocycles. The molecule has 0 aromatic heterocycles. The molecule has 2 aromatic rings. The zero-order valence-electron chi connectivity index (χ0n) is 12.4. The van der Waals surface area contributed by atoms with E-state index in [9.17, 15) is 8.42 Å². The third kappa shape index (κ3) is 4.60. The van der Waals surface area contributed by atoms with Crippen LogP contribution in [0.5, 0.6) is 5.75 Å². The molecule has 0 amide bonds. The van der Waals surface area contributed by atoms with E-state index in [2.05, 4.69) is 9.93 Å². The zero-order valence-corrected chi connectivity index (χ0v) is 13.2. The van der Waals surface area contributed by atoms with Gasteiger partial charge in [-0.1, -0.05) is 18.2 Å². The predicted molar refractivity (Wildman–Crippen MR) is 86.6 cm³/mol. The van der Waals surface area contributed by atoms with Gasteiger partial charge in [0.15, 0.2) is 0 Å². The van der Waals surface area contributed by atoms with Crippen molar-refractivity contribution in [1.29, 1.82) is 0 Å². The lowest BCUT2D eigenvalue weighted by Crippen LogP contribution is -2.18. The quantitative estimate of drug-likeness (QED) is 0.658. The Balaban J connectivity index is 2.00. The van der Waals surface area contributed by atoms with Crippen molar-refractivity contribution in [2.75, 3.05) is 0 Å². The van der Waals surface area contributed by atoms with Crippen LogP contribution in [0.4, 0.5) is 0 Å². The molecule has 0 saturated carbocycles. The summed E-state index contributed by atoms with van der Waals surface area (Å²) in [5.74, 6) is 0.761. The highest BCUT2D eigenvalue weighted by Crippen LogP contribution is 2.13. The summed E-state index contributed by atoms with van der Waals surface area (Å²) in [6, 6.07) is 15.3. The Bertz CT molecular complexity index is 724. The van der Waals surface area contributed by atoms with Crippen LogP contribution < -0.4 is 9.57 Å². The maximum absolute atomic E-state index is 12.0. The molecule has 0 bridgehead atoms. The number of hydrogen-bond acceptors (Lipinski definition) is 4. The molecule has 0 radical (unpaired) electrons. The Morgan fingerprint density at radius 2 is 1.68 bits per heavy atom. The van der Waals surface area contributed by atoms with Gasteiger partial charge in [0.05, 0.1) is 17.2 Å². The van der Waals surface area contributed by atoms with E-state index >= 15 is 0 Å². The van der Waals surface area contributed by atoms with Gasteiger partial charge in [0.25, 0.3) is 10.0 Å². The van der Waals surface area contributed by atoms with Crippen molar-refractivity contribution in [1.82, 2.24) is 4.83 Å². The lowest BCUT2D eigenvalue weighted by atomic mass is 10.2. The average molecular weight is 318 g/mol. The molecule has 0 aliphatic heterocycles. The summed E-state index contributed by atoms with van der Waals surface area (Å²) in [5.41, 5.74) is 0.770. The highest BCUT2D eigenvalue weighted by molar-refractivity contribution is 7.89. The minimum Gasteiger partial charge on any atom is -0.491 e. The highest BCUT2D eigenvalue weighted by Gasteiger charge is 2.10. The number of benzene rings is 2. The van der Waals surface area contributed by atoms with Crippen LogP contribution >= 0.6 is 0 Å². The minimum atomic E-state index is -3.63. The second kappa shape index (κ2) is 7.09. The smallest absolute Gasteiger partial charge is 0.276 e. The molecule has 0 heterocycles. The van der Waals surface area contributed by atoms with Crippen molar-refractivity contribution in [2.24, 2.45) is 5.10 Å². The average Bonchev–Trinajstić information content (AvgIpc) is 2.49. The van der Waals surface area contributed by atoms with Gasteiger partial charge < -0.3 is 4.74 Å². The Kier molecular flexibility index (Phi) is 5.16. The Labute approximate surface area is 130 Å². The fraction of sp³-hybridized carbons (Fsp3) is 0.188. The molecular weight excluding hydrogens is 300 g/mol. The van der Waals surface area contributed by atoms with Crippen molar-refractivity contribution in [2.45, 2.75) is 24.8 Å². The molecule has 116 valence electrons. The van der Waals surface area contributed by atoms with Gasteiger partial charge >= 0.3 is 0 Å². The summed E-state index contributed by atoms with van der Waals surface area (Å²) in [4.78, 5) is 2.35. The van der Waals surface area contributed by atoms with E-state index < -0.39 is 10.0 Å². The SMILES string of the molecule is CC(C)Oc1ccc(/C=N\NS(=O)(=O)c2ccccc2)cc1. The van der Waals surface area contributed by atoms with Crippen LogP contribution in [0, 0.1) is 0 Å². The normalized spacial score (nSPS) is 11.8. The van der Waals surface area contributed by atoms with Gasteiger partial charge in [0, 0.05) is 0 Å². The molecular formula is C16H18N2O3S. The Morgan fingerprint density at radius 1 is 1.05 bits per heavy atom. The summed E-state index contributed by atoms with van der Waals surface area (Å²) in [6.07, 6.45) is 1.55. The zero-order chi connectivity index (χ0) is 16.0. The maximum atomic E-state index is 12.0. The van der Waals surface area contributed by atoms with E-state index in [0.717, 1.165) is 11.3 Å². The number of sulfonamides is 1. The highest BCUT2D eigenvalue weighted by atomic mass is 32.2. The molecule has 0 spiro atoms. The molecule has 0 saturated heterocycles. The topological polar surface area (TPSA) is 67.8 Å². The second-order valence-corrected chi connectivity index (χ2v) is 6.56. The van der Waals surface area contributed by atoms with Crippen molar-refractivity contribution >= 4 is 16.2 Å². The summed E-state index contributed by atoms with van der Waals surface area (Å²) in [7, 11) is -3.63. The fourth-order valence-electron chi connectivity index (χ4n) is 1.73. The third-order valence-electron chi connectivity index (χ3n) is 2.69. The van der Waals surface area contributed by atoms with Gasteiger partial charge in [-0.3, -0.25) is 0 Å². The van der Waals surface area contributed by atoms with Gasteiger partial charge in [-0.25, -0.2) is 4.83 Å². The monoisotopic (exact) mass is 318 g/mol. The first-order chi connectivity index (χ1) is 10.5. The van der Waals surface area contributed by atoms with Crippen LogP contribution in [0.1, 0.15) is 19.4 Å². The van der Waals surface area contributed by atoms with E-state index in [1.807, 2.05) is 26.0 Å². The molecule has 2 rings (SSSR count). The molecule has 22 heavy (non-hydrogen) atoms. The number of hydrogen-bond donors (Lipinski definition) is 1. The van der Waals surface area contributed by atoms with Gasteiger partial charge in [0.2, 0.25) is 0 Å². The predicted octanol–water partition coefficient (Wildman–Crippen LogP) is 2.79. The lowest BCUT2D eigenvalue weighted by Gasteiger charge is -2.09. The van der Waals surface area contributed by atoms with Crippen LogP contribution in [0.2, 0.25) is 0 Å². The number of hydrazone groups is 1. The Hall–Kier alpha value is -2.34. The van der Waals surface area contributed by atoms with E-state index in [-0.39, 0.29) is 11.0 Å². The molecule has 2 aromatic carbocycles. The lowest BCUT2D eigenvalue weighted by molar-refractivity contribution is 0.242. The number of rotatable bonds is 6. The summed E-state index contributed by atoms with van der Waals surface area (Å²) >= 11 is 0. The number of nitrogens with zero attached hydrogens (tertiary/aromatic N) is 1. The van der Waals surface area contributed by atoms with Crippen molar-refractivity contribution in [3.05, 3.63) is 60.2 Å². The van der Waals surface area contributed by atoms with Gasteiger partial charge in [-0.15, -0.1) is 0 Å². The van der Waals surface area contributed by atoms with Crippen molar-refractivity contribution in [3.8, 4) is 5.75 Å². The summed E-state index contributed by atoms with van der Waals surface area (Å²) in [5, 5.41) is 3.78. The van der Waals surface area contributed by atoms with E-state index in [1.165, 1.54) is 18.3 Å². The van der Waals surface area contributed by atoms with Crippen molar-refractivity contribution < 1.29 is 13.2 Å². The summed E-state index contributed by atoms with van der Waals surface area (Å²) < 4.78 is 29.4. The first-order valence-electron chi connectivity index (χ1n) is 6.84. The molecule has 0 unspecified atom stereocenters. The minimum absolute atomic E-state index is 0.109. The van der Waals surface area contributed by atoms with Gasteiger partial charge in [0.1, 0.15) is 5.75 Å². The van der Waals surface area contributed by atoms with Crippen LogP contribution in [0.25, 0.3) is 0 Å². The van der Waals surface area contributed by atoms with Crippen LogP contribution in [0.3, 0.4) is 0 Å².